The van der Waals surface area contributed by atoms with Crippen molar-refractivity contribution in [2.75, 3.05) is 7.11 Å². The van der Waals surface area contributed by atoms with Crippen molar-refractivity contribution in [1.82, 2.24) is 0 Å². The zero-order valence-electron chi connectivity index (χ0n) is 7.93. The molecule has 0 aromatic carbocycles. The van der Waals surface area contributed by atoms with Crippen LogP contribution in [0.1, 0.15) is 39.5 Å². The Morgan fingerprint density at radius 1 is 1.09 bits per heavy atom. The first-order valence-electron chi connectivity index (χ1n) is 4.66. The van der Waals surface area contributed by atoms with E-state index in [2.05, 4.69) is 13.8 Å². The van der Waals surface area contributed by atoms with Gasteiger partial charge in [-0.05, 0) is 36.5 Å². The van der Waals surface area contributed by atoms with Gasteiger partial charge in [-0.25, -0.2) is 0 Å². The van der Waals surface area contributed by atoms with Gasteiger partial charge < -0.3 is 5.11 Å². The highest BCUT2D eigenvalue weighted by Crippen LogP contribution is 2.58. The summed E-state index contributed by atoms with van der Waals surface area (Å²) < 4.78 is 0. The number of aliphatic hydroxyl groups is 1. The highest BCUT2D eigenvalue weighted by molar-refractivity contribution is 4.99. The zero-order valence-corrected chi connectivity index (χ0v) is 7.93. The average Bonchev–Trinajstić information content (AvgIpc) is 2.09. The molecule has 66 valence electrons. The van der Waals surface area contributed by atoms with E-state index in [1.807, 2.05) is 0 Å². The lowest BCUT2D eigenvalue weighted by atomic mass is 9.49. The smallest absolute Gasteiger partial charge is 0.0319 e. The molecule has 0 saturated heterocycles. The van der Waals surface area contributed by atoms with E-state index in [1.54, 1.807) is 6.42 Å². The first kappa shape index (κ1) is 9.05. The van der Waals surface area contributed by atoms with Crippen LogP contribution in [0.3, 0.4) is 0 Å². The lowest BCUT2D eigenvalue weighted by Crippen LogP contribution is -2.47. The van der Waals surface area contributed by atoms with Gasteiger partial charge in [-0.3, -0.25) is 0 Å². The lowest BCUT2D eigenvalue weighted by molar-refractivity contribution is -0.0646. The van der Waals surface area contributed by atoms with Gasteiger partial charge in [0, 0.05) is 7.11 Å². The normalized spacial score (nSPS) is 38.2. The van der Waals surface area contributed by atoms with Crippen molar-refractivity contribution in [3.63, 3.8) is 0 Å². The van der Waals surface area contributed by atoms with Crippen LogP contribution in [0.5, 0.6) is 0 Å². The van der Waals surface area contributed by atoms with Gasteiger partial charge in [0.05, 0.1) is 0 Å². The third-order valence-electron chi connectivity index (χ3n) is 3.78. The van der Waals surface area contributed by atoms with Crippen LogP contribution in [0, 0.1) is 17.3 Å². The van der Waals surface area contributed by atoms with Crippen LogP contribution in [0.15, 0.2) is 0 Å². The van der Waals surface area contributed by atoms with Crippen LogP contribution in [-0.4, -0.2) is 12.2 Å². The van der Waals surface area contributed by atoms with E-state index in [0.717, 1.165) is 24.4 Å². The molecule has 0 amide bonds. The van der Waals surface area contributed by atoms with E-state index in [4.69, 9.17) is 5.11 Å². The molecule has 11 heavy (non-hydrogen) atoms. The van der Waals surface area contributed by atoms with Gasteiger partial charge in [-0.2, -0.15) is 0 Å². The molecule has 0 aliphatic heterocycles. The van der Waals surface area contributed by atoms with E-state index in [-0.39, 0.29) is 0 Å². The molecule has 3 aliphatic carbocycles. The summed E-state index contributed by atoms with van der Waals surface area (Å²) in [6.07, 6.45) is 6.10. The number of fused-ring (bicyclic) bond motifs is 2. The van der Waals surface area contributed by atoms with Crippen molar-refractivity contribution in [1.29, 1.82) is 0 Å². The van der Waals surface area contributed by atoms with Gasteiger partial charge in [0.1, 0.15) is 0 Å². The highest BCUT2D eigenvalue weighted by Gasteiger charge is 2.49. The summed E-state index contributed by atoms with van der Waals surface area (Å²) >= 11 is 0. The molecule has 3 aliphatic rings. The molecule has 2 atom stereocenters. The minimum absolute atomic E-state index is 0.734. The van der Waals surface area contributed by atoms with E-state index < -0.39 is 0 Å². The number of rotatable bonds is 0. The summed E-state index contributed by atoms with van der Waals surface area (Å²) in [5.41, 5.74) is 0.734. The third kappa shape index (κ3) is 1.31. The van der Waals surface area contributed by atoms with Crippen molar-refractivity contribution >= 4 is 0 Å². The molecule has 1 nitrogen and oxygen atoms in total. The standard InChI is InChI=1S/C9H16.CH4O/c1-9(2)7-4-3-5-8(9)6-7;1-2/h7-8H,3-6H2,1-2H3;2H,1H3/t7-,8+;. The SMILES string of the molecule is CC1(C)[C@@H]2CCC[C@H]1C2.CO. The summed E-state index contributed by atoms with van der Waals surface area (Å²) in [6.45, 7) is 4.90. The molecule has 0 aromatic rings. The Morgan fingerprint density at radius 2 is 1.55 bits per heavy atom. The molecule has 0 spiro atoms. The first-order chi connectivity index (χ1) is 5.21. The number of aliphatic hydroxyl groups excluding tert-OH is 1. The second kappa shape index (κ2) is 3.14. The minimum atomic E-state index is 0.734. The zero-order chi connectivity index (χ0) is 8.48. The molecule has 2 bridgehead atoms. The Bertz CT molecular complexity index is 113. The highest BCUT2D eigenvalue weighted by atomic mass is 16.2. The van der Waals surface area contributed by atoms with Gasteiger partial charge in [0.15, 0.2) is 0 Å². The molecule has 1 N–H and O–H groups in total. The van der Waals surface area contributed by atoms with Crippen LogP contribution < -0.4 is 0 Å². The molecule has 1 heteroatoms. The van der Waals surface area contributed by atoms with Crippen molar-refractivity contribution < 1.29 is 5.11 Å². The first-order valence-corrected chi connectivity index (χ1v) is 4.66. The predicted octanol–water partition coefficient (Wildman–Crippen LogP) is 2.44. The Labute approximate surface area is 69.8 Å². The van der Waals surface area contributed by atoms with Crippen LogP contribution in [0.4, 0.5) is 0 Å². The maximum Gasteiger partial charge on any atom is 0.0319 e. The molecule has 0 unspecified atom stereocenters. The fourth-order valence-electron chi connectivity index (χ4n) is 2.71. The van der Waals surface area contributed by atoms with Crippen molar-refractivity contribution in [3.8, 4) is 0 Å². The molecule has 3 fully saturated rings. The van der Waals surface area contributed by atoms with Crippen LogP contribution in [0.2, 0.25) is 0 Å². The molecule has 3 rings (SSSR count). The van der Waals surface area contributed by atoms with E-state index >= 15 is 0 Å². The van der Waals surface area contributed by atoms with Gasteiger partial charge >= 0.3 is 0 Å². The quantitative estimate of drug-likeness (QED) is 0.571. The fourth-order valence-corrected chi connectivity index (χ4v) is 2.71. The summed E-state index contributed by atoms with van der Waals surface area (Å²) in [4.78, 5) is 0. The second-order valence-electron chi connectivity index (χ2n) is 4.38. The van der Waals surface area contributed by atoms with Crippen LogP contribution >= 0.6 is 0 Å². The van der Waals surface area contributed by atoms with Crippen LogP contribution in [0.25, 0.3) is 0 Å². The molecular weight excluding hydrogens is 136 g/mol. The topological polar surface area (TPSA) is 20.2 Å². The van der Waals surface area contributed by atoms with Crippen molar-refractivity contribution in [2.45, 2.75) is 39.5 Å². The maximum atomic E-state index is 7.00. The Hall–Kier alpha value is -0.0400. The van der Waals surface area contributed by atoms with Gasteiger partial charge in [-0.1, -0.05) is 20.3 Å². The van der Waals surface area contributed by atoms with Gasteiger partial charge in [-0.15, -0.1) is 0 Å². The van der Waals surface area contributed by atoms with E-state index in [9.17, 15) is 0 Å². The predicted molar refractivity (Wildman–Crippen MR) is 47.4 cm³/mol. The Morgan fingerprint density at radius 3 is 1.73 bits per heavy atom. The average molecular weight is 156 g/mol. The number of hydrogen-bond donors (Lipinski definition) is 1. The second-order valence-corrected chi connectivity index (χ2v) is 4.38. The summed E-state index contributed by atoms with van der Waals surface area (Å²) in [7, 11) is 1.00. The molecular formula is C10H20O. The Balaban J connectivity index is 0.000000281. The van der Waals surface area contributed by atoms with E-state index in [0.29, 0.717) is 0 Å². The minimum Gasteiger partial charge on any atom is -0.400 e. The summed E-state index contributed by atoms with van der Waals surface area (Å²) in [5.74, 6) is 2.19. The maximum absolute atomic E-state index is 7.00. The Kier molecular flexibility index (Phi) is 2.58. The van der Waals surface area contributed by atoms with Gasteiger partial charge in [0.2, 0.25) is 0 Å². The monoisotopic (exact) mass is 156 g/mol. The summed E-state index contributed by atoms with van der Waals surface area (Å²) in [6, 6.07) is 0. The number of hydrogen-bond acceptors (Lipinski definition) is 1. The van der Waals surface area contributed by atoms with E-state index in [1.165, 1.54) is 19.3 Å². The third-order valence-corrected chi connectivity index (χ3v) is 3.78. The summed E-state index contributed by atoms with van der Waals surface area (Å²) in [5, 5.41) is 7.00. The largest absolute Gasteiger partial charge is 0.400 e. The van der Waals surface area contributed by atoms with Crippen molar-refractivity contribution in [2.24, 2.45) is 17.3 Å². The molecule has 0 aromatic heterocycles. The van der Waals surface area contributed by atoms with Crippen molar-refractivity contribution in [3.05, 3.63) is 0 Å². The molecule has 3 saturated carbocycles. The molecule has 0 heterocycles. The fraction of sp³-hybridized carbons (Fsp3) is 1.00. The molecule has 0 radical (unpaired) electrons. The van der Waals surface area contributed by atoms with Gasteiger partial charge in [0.25, 0.3) is 0 Å². The van der Waals surface area contributed by atoms with Crippen LogP contribution in [-0.2, 0) is 0 Å². The lowest BCUT2D eigenvalue weighted by Gasteiger charge is -2.56.